The van der Waals surface area contributed by atoms with E-state index in [0.717, 1.165) is 37.1 Å². The van der Waals surface area contributed by atoms with Gasteiger partial charge in [0, 0.05) is 25.6 Å². The predicted octanol–water partition coefficient (Wildman–Crippen LogP) is 4.18. The van der Waals surface area contributed by atoms with Crippen molar-refractivity contribution in [1.29, 1.82) is 0 Å². The molecule has 28 heavy (non-hydrogen) atoms. The molecule has 1 heterocycles. The molecule has 1 aliphatic heterocycles. The molecule has 1 aliphatic carbocycles. The van der Waals surface area contributed by atoms with E-state index in [4.69, 9.17) is 4.74 Å². The first-order valence-electron chi connectivity index (χ1n) is 9.71. The van der Waals surface area contributed by atoms with E-state index in [9.17, 15) is 14.7 Å². The van der Waals surface area contributed by atoms with Crippen molar-refractivity contribution >= 4 is 11.9 Å². The van der Waals surface area contributed by atoms with Crippen molar-refractivity contribution in [2.75, 3.05) is 20.2 Å². The smallest absolute Gasteiger partial charge is 0.335 e. The summed E-state index contributed by atoms with van der Waals surface area (Å²) in [6.07, 6.45) is 3.34. The van der Waals surface area contributed by atoms with Gasteiger partial charge in [-0.2, -0.15) is 0 Å². The zero-order valence-corrected chi connectivity index (χ0v) is 16.3. The van der Waals surface area contributed by atoms with Crippen LogP contribution < -0.4 is 4.74 Å². The topological polar surface area (TPSA) is 66.8 Å². The molecule has 0 radical (unpaired) electrons. The van der Waals surface area contributed by atoms with E-state index >= 15 is 0 Å². The molecule has 5 heteroatoms. The van der Waals surface area contributed by atoms with Crippen LogP contribution in [-0.2, 0) is 4.79 Å². The van der Waals surface area contributed by atoms with E-state index in [-0.39, 0.29) is 11.5 Å². The molecular formula is C23H25NO4. The fourth-order valence-electron chi connectivity index (χ4n) is 4.60. The van der Waals surface area contributed by atoms with E-state index < -0.39 is 5.97 Å². The molecule has 1 spiro atoms. The molecule has 1 atom stereocenters. The minimum atomic E-state index is -0.947. The van der Waals surface area contributed by atoms with Crippen LogP contribution >= 0.6 is 0 Å². The Morgan fingerprint density at radius 3 is 2.36 bits per heavy atom. The van der Waals surface area contributed by atoms with E-state index in [1.54, 1.807) is 32.2 Å². The van der Waals surface area contributed by atoms with E-state index in [1.165, 1.54) is 12.0 Å². The minimum Gasteiger partial charge on any atom is -0.496 e. The molecule has 1 N–H and O–H groups in total. The zero-order valence-electron chi connectivity index (χ0n) is 16.3. The molecular weight excluding hydrogens is 354 g/mol. The molecule has 2 aliphatic rings. The number of methoxy groups -OCH3 is 1. The number of carboxylic acid groups (broad SMARTS) is 1. The van der Waals surface area contributed by atoms with Crippen LogP contribution in [0.1, 0.15) is 48.0 Å². The number of benzene rings is 2. The number of likely N-dealkylation sites (tertiary alicyclic amines) is 1. The lowest BCUT2D eigenvalue weighted by molar-refractivity contribution is -0.130. The lowest BCUT2D eigenvalue weighted by Crippen LogP contribution is -2.38. The number of piperidine rings is 1. The van der Waals surface area contributed by atoms with Crippen molar-refractivity contribution in [3.8, 4) is 16.9 Å². The van der Waals surface area contributed by atoms with Crippen molar-refractivity contribution in [2.24, 2.45) is 5.41 Å². The van der Waals surface area contributed by atoms with Gasteiger partial charge in [-0.15, -0.1) is 0 Å². The third kappa shape index (κ3) is 3.26. The van der Waals surface area contributed by atoms with Crippen LogP contribution in [0.2, 0.25) is 0 Å². The molecule has 2 aromatic carbocycles. The first kappa shape index (κ1) is 18.5. The average molecular weight is 379 g/mol. The summed E-state index contributed by atoms with van der Waals surface area (Å²) in [6, 6.07) is 13.3. The SMILES string of the molecule is COc1ccc(C(=O)O)cc1-c1ccc([C@@H]2CC23CCN(C(C)=O)CC3)cc1. The van der Waals surface area contributed by atoms with Crippen LogP contribution in [-0.4, -0.2) is 42.1 Å². The van der Waals surface area contributed by atoms with Gasteiger partial charge in [-0.3, -0.25) is 4.79 Å². The van der Waals surface area contributed by atoms with Crippen molar-refractivity contribution < 1.29 is 19.4 Å². The first-order chi connectivity index (χ1) is 13.4. The number of hydrogen-bond acceptors (Lipinski definition) is 3. The Morgan fingerprint density at radius 1 is 1.11 bits per heavy atom. The summed E-state index contributed by atoms with van der Waals surface area (Å²) < 4.78 is 5.42. The summed E-state index contributed by atoms with van der Waals surface area (Å²) in [5.74, 6) is 0.450. The highest BCUT2D eigenvalue weighted by Crippen LogP contribution is 2.64. The van der Waals surface area contributed by atoms with E-state index in [2.05, 4.69) is 24.3 Å². The fraction of sp³-hybridized carbons (Fsp3) is 0.391. The van der Waals surface area contributed by atoms with Gasteiger partial charge in [-0.1, -0.05) is 24.3 Å². The third-order valence-electron chi connectivity index (χ3n) is 6.46. The molecule has 1 amide bonds. The van der Waals surface area contributed by atoms with Crippen LogP contribution in [0.25, 0.3) is 11.1 Å². The largest absolute Gasteiger partial charge is 0.496 e. The summed E-state index contributed by atoms with van der Waals surface area (Å²) in [5, 5.41) is 9.27. The number of carboxylic acids is 1. The average Bonchev–Trinajstić information content (AvgIpc) is 3.40. The lowest BCUT2D eigenvalue weighted by atomic mass is 9.88. The number of amides is 1. The lowest BCUT2D eigenvalue weighted by Gasteiger charge is -2.32. The van der Waals surface area contributed by atoms with Crippen LogP contribution in [0.15, 0.2) is 42.5 Å². The summed E-state index contributed by atoms with van der Waals surface area (Å²) in [5.41, 5.74) is 3.67. The Labute approximate surface area is 164 Å². The predicted molar refractivity (Wildman–Crippen MR) is 107 cm³/mol. The maximum absolute atomic E-state index is 11.6. The van der Waals surface area contributed by atoms with Crippen LogP contribution in [0.4, 0.5) is 0 Å². The standard InChI is InChI=1S/C23H25NO4/c1-15(25)24-11-9-23(10-12-24)14-20(23)17-5-3-16(4-6-17)19-13-18(22(26)27)7-8-21(19)28-2/h3-8,13,20H,9-12,14H2,1-2H3,(H,26,27)/t20-/m0/s1. The molecule has 4 rings (SSSR count). The van der Waals surface area contributed by atoms with Gasteiger partial charge in [0.15, 0.2) is 0 Å². The Bertz CT molecular complexity index is 911. The van der Waals surface area contributed by atoms with Gasteiger partial charge >= 0.3 is 5.97 Å². The highest BCUT2D eigenvalue weighted by Gasteiger charge is 2.55. The molecule has 1 saturated heterocycles. The van der Waals surface area contributed by atoms with Crippen LogP contribution in [0, 0.1) is 5.41 Å². The van der Waals surface area contributed by atoms with Gasteiger partial charge in [0.2, 0.25) is 5.91 Å². The molecule has 2 fully saturated rings. The second-order valence-corrected chi connectivity index (χ2v) is 7.97. The number of hydrogen-bond donors (Lipinski definition) is 1. The van der Waals surface area contributed by atoms with E-state index in [0.29, 0.717) is 17.1 Å². The van der Waals surface area contributed by atoms with Crippen LogP contribution in [0.5, 0.6) is 5.75 Å². The normalized spacial score (nSPS) is 20.1. The Kier molecular flexibility index (Phi) is 4.61. The number of ether oxygens (including phenoxy) is 1. The quantitative estimate of drug-likeness (QED) is 0.866. The first-order valence-corrected chi connectivity index (χ1v) is 9.71. The number of aromatic carboxylic acids is 1. The number of carbonyl (C=O) groups is 2. The van der Waals surface area contributed by atoms with Gasteiger partial charge in [0.1, 0.15) is 5.75 Å². The number of rotatable bonds is 4. The van der Waals surface area contributed by atoms with Gasteiger partial charge < -0.3 is 14.7 Å². The maximum atomic E-state index is 11.6. The van der Waals surface area contributed by atoms with Gasteiger partial charge in [0.05, 0.1) is 12.7 Å². The Morgan fingerprint density at radius 2 is 1.79 bits per heavy atom. The second kappa shape index (κ2) is 6.97. The van der Waals surface area contributed by atoms with Crippen molar-refractivity contribution in [3.63, 3.8) is 0 Å². The molecule has 1 saturated carbocycles. The number of nitrogens with zero attached hydrogens (tertiary/aromatic N) is 1. The van der Waals surface area contributed by atoms with Crippen molar-refractivity contribution in [1.82, 2.24) is 4.90 Å². The maximum Gasteiger partial charge on any atom is 0.335 e. The van der Waals surface area contributed by atoms with Crippen LogP contribution in [0.3, 0.4) is 0 Å². The van der Waals surface area contributed by atoms with Gasteiger partial charge in [-0.25, -0.2) is 4.79 Å². The molecule has 0 unspecified atom stereocenters. The molecule has 2 aromatic rings. The molecule has 0 bridgehead atoms. The van der Waals surface area contributed by atoms with Gasteiger partial charge in [0.25, 0.3) is 0 Å². The number of carbonyl (C=O) groups excluding carboxylic acids is 1. The highest BCUT2D eigenvalue weighted by molar-refractivity contribution is 5.90. The van der Waals surface area contributed by atoms with Crippen molar-refractivity contribution in [2.45, 2.75) is 32.1 Å². The minimum absolute atomic E-state index is 0.175. The second-order valence-electron chi connectivity index (χ2n) is 7.97. The van der Waals surface area contributed by atoms with Gasteiger partial charge in [-0.05, 0) is 59.9 Å². The Hall–Kier alpha value is -2.82. The monoisotopic (exact) mass is 379 g/mol. The summed E-state index contributed by atoms with van der Waals surface area (Å²) in [6.45, 7) is 3.38. The highest BCUT2D eigenvalue weighted by atomic mass is 16.5. The van der Waals surface area contributed by atoms with Crippen molar-refractivity contribution in [3.05, 3.63) is 53.6 Å². The third-order valence-corrected chi connectivity index (χ3v) is 6.46. The summed E-state index contributed by atoms with van der Waals surface area (Å²) >= 11 is 0. The fourth-order valence-corrected chi connectivity index (χ4v) is 4.60. The molecule has 0 aromatic heterocycles. The summed E-state index contributed by atoms with van der Waals surface area (Å²) in [7, 11) is 1.59. The Balaban J connectivity index is 1.52. The zero-order chi connectivity index (χ0) is 19.9. The summed E-state index contributed by atoms with van der Waals surface area (Å²) in [4.78, 5) is 24.8. The molecule has 146 valence electrons. The van der Waals surface area contributed by atoms with E-state index in [1.807, 2.05) is 4.90 Å². The molecule has 5 nitrogen and oxygen atoms in total.